The molecule has 0 aliphatic carbocycles. The molecule has 6 heteroatoms. The number of methoxy groups -OCH3 is 2. The van der Waals surface area contributed by atoms with Crippen molar-refractivity contribution in [3.63, 3.8) is 0 Å². The first kappa shape index (κ1) is 13.0. The highest BCUT2D eigenvalue weighted by Gasteiger charge is 2.25. The van der Waals surface area contributed by atoms with Crippen molar-refractivity contribution in [3.8, 4) is 5.75 Å². The molecule has 17 heavy (non-hydrogen) atoms. The van der Waals surface area contributed by atoms with E-state index in [1.54, 1.807) is 6.92 Å². The summed E-state index contributed by atoms with van der Waals surface area (Å²) in [5, 5.41) is 10.8. The van der Waals surface area contributed by atoms with Crippen LogP contribution in [-0.4, -0.2) is 25.1 Å². The van der Waals surface area contributed by atoms with Crippen LogP contribution in [0.25, 0.3) is 0 Å². The van der Waals surface area contributed by atoms with Crippen LogP contribution in [0.15, 0.2) is 18.2 Å². The van der Waals surface area contributed by atoms with Crippen LogP contribution in [0.1, 0.15) is 18.4 Å². The lowest BCUT2D eigenvalue weighted by Crippen LogP contribution is -2.12. The van der Waals surface area contributed by atoms with Gasteiger partial charge in [-0.2, -0.15) is 0 Å². The van der Waals surface area contributed by atoms with Gasteiger partial charge in [0.1, 0.15) is 5.75 Å². The second kappa shape index (κ2) is 5.29. The highest BCUT2D eigenvalue weighted by Crippen LogP contribution is 2.30. The zero-order valence-corrected chi connectivity index (χ0v) is 9.80. The zero-order chi connectivity index (χ0) is 13.0. The van der Waals surface area contributed by atoms with Gasteiger partial charge < -0.3 is 9.47 Å². The van der Waals surface area contributed by atoms with E-state index in [9.17, 15) is 14.9 Å². The molecule has 0 saturated heterocycles. The minimum Gasteiger partial charge on any atom is -0.497 e. The van der Waals surface area contributed by atoms with Crippen LogP contribution in [-0.2, 0) is 9.53 Å². The molecule has 0 aliphatic heterocycles. The predicted molar refractivity (Wildman–Crippen MR) is 60.1 cm³/mol. The van der Waals surface area contributed by atoms with Crippen LogP contribution in [0, 0.1) is 10.1 Å². The van der Waals surface area contributed by atoms with Gasteiger partial charge in [0.15, 0.2) is 0 Å². The fourth-order valence-corrected chi connectivity index (χ4v) is 1.48. The molecule has 0 aromatic heterocycles. The van der Waals surface area contributed by atoms with Crippen molar-refractivity contribution in [2.45, 2.75) is 12.8 Å². The summed E-state index contributed by atoms with van der Waals surface area (Å²) in [5.41, 5.74) is 0.157. The van der Waals surface area contributed by atoms with Gasteiger partial charge in [-0.25, -0.2) is 0 Å². The van der Waals surface area contributed by atoms with E-state index in [0.29, 0.717) is 5.75 Å². The number of esters is 1. The highest BCUT2D eigenvalue weighted by molar-refractivity contribution is 5.79. The lowest BCUT2D eigenvalue weighted by Gasteiger charge is -2.11. The van der Waals surface area contributed by atoms with Gasteiger partial charge in [0.2, 0.25) is 0 Å². The number of carbonyl (C=O) groups excluding carboxylic acids is 1. The first-order valence-corrected chi connectivity index (χ1v) is 4.91. The third-order valence-electron chi connectivity index (χ3n) is 2.45. The van der Waals surface area contributed by atoms with E-state index in [1.165, 1.54) is 32.4 Å². The highest BCUT2D eigenvalue weighted by atomic mass is 16.6. The first-order valence-electron chi connectivity index (χ1n) is 4.91. The van der Waals surface area contributed by atoms with Crippen molar-refractivity contribution < 1.29 is 19.2 Å². The predicted octanol–water partition coefficient (Wildman–Crippen LogP) is 1.88. The summed E-state index contributed by atoms with van der Waals surface area (Å²) in [6.45, 7) is 1.55. The molecule has 1 aromatic rings. The van der Waals surface area contributed by atoms with Crippen molar-refractivity contribution in [2.75, 3.05) is 14.2 Å². The normalized spacial score (nSPS) is 11.7. The third-order valence-corrected chi connectivity index (χ3v) is 2.45. The Bertz CT molecular complexity index is 443. The molecule has 92 valence electrons. The van der Waals surface area contributed by atoms with Gasteiger partial charge in [-0.05, 0) is 19.1 Å². The second-order valence-corrected chi connectivity index (χ2v) is 3.43. The summed E-state index contributed by atoms with van der Waals surface area (Å²) < 4.78 is 9.55. The lowest BCUT2D eigenvalue weighted by molar-refractivity contribution is -0.385. The summed E-state index contributed by atoms with van der Waals surface area (Å²) in [5.74, 6) is -0.779. The molecule has 1 atom stereocenters. The van der Waals surface area contributed by atoms with Crippen molar-refractivity contribution in [1.82, 2.24) is 0 Å². The van der Waals surface area contributed by atoms with Gasteiger partial charge in [-0.15, -0.1) is 0 Å². The van der Waals surface area contributed by atoms with E-state index < -0.39 is 16.8 Å². The minimum absolute atomic E-state index is 0.122. The molecule has 6 nitrogen and oxygen atoms in total. The van der Waals surface area contributed by atoms with Crippen molar-refractivity contribution in [3.05, 3.63) is 33.9 Å². The number of nitro benzene ring substituents is 1. The molecule has 1 rings (SSSR count). The number of ether oxygens (including phenoxy) is 2. The van der Waals surface area contributed by atoms with Gasteiger partial charge in [-0.1, -0.05) is 0 Å². The summed E-state index contributed by atoms with van der Waals surface area (Å²) in [4.78, 5) is 21.7. The largest absolute Gasteiger partial charge is 0.497 e. The molecule has 1 unspecified atom stereocenters. The monoisotopic (exact) mass is 239 g/mol. The molecular formula is C11H13NO5. The number of benzene rings is 1. The van der Waals surface area contributed by atoms with E-state index in [0.717, 1.165) is 0 Å². The molecule has 0 N–H and O–H groups in total. The second-order valence-electron chi connectivity index (χ2n) is 3.43. The smallest absolute Gasteiger partial charge is 0.313 e. The molecule has 0 spiro atoms. The van der Waals surface area contributed by atoms with E-state index in [4.69, 9.17) is 4.74 Å². The Morgan fingerprint density at radius 1 is 1.41 bits per heavy atom. The fourth-order valence-electron chi connectivity index (χ4n) is 1.48. The lowest BCUT2D eigenvalue weighted by atomic mass is 9.99. The summed E-state index contributed by atoms with van der Waals surface area (Å²) in [7, 11) is 2.69. The number of carbonyl (C=O) groups is 1. The van der Waals surface area contributed by atoms with Gasteiger partial charge in [0.25, 0.3) is 5.69 Å². The number of nitrogens with zero attached hydrogens (tertiary/aromatic N) is 1. The van der Waals surface area contributed by atoms with Crippen molar-refractivity contribution in [2.24, 2.45) is 0 Å². The summed E-state index contributed by atoms with van der Waals surface area (Å²) in [6, 6.07) is 4.26. The molecule has 0 aliphatic rings. The van der Waals surface area contributed by atoms with Crippen LogP contribution in [0.4, 0.5) is 5.69 Å². The number of hydrogen-bond donors (Lipinski definition) is 0. The Morgan fingerprint density at radius 2 is 2.06 bits per heavy atom. The number of hydrogen-bond acceptors (Lipinski definition) is 5. The van der Waals surface area contributed by atoms with Crippen LogP contribution < -0.4 is 4.74 Å². The Balaban J connectivity index is 3.26. The zero-order valence-electron chi connectivity index (χ0n) is 9.80. The van der Waals surface area contributed by atoms with Crippen molar-refractivity contribution >= 4 is 11.7 Å². The number of rotatable bonds is 4. The van der Waals surface area contributed by atoms with Gasteiger partial charge >= 0.3 is 5.97 Å². The minimum atomic E-state index is -0.713. The molecule has 0 radical (unpaired) electrons. The molecule has 1 aromatic carbocycles. The molecule has 0 heterocycles. The standard InChI is InChI=1S/C11H13NO5/c1-7(11(13)17-3)9-6-8(16-2)4-5-10(9)12(14)15/h4-7H,1-3H3. The summed E-state index contributed by atoms with van der Waals surface area (Å²) in [6.07, 6.45) is 0. The Kier molecular flexibility index (Phi) is 4.03. The summed E-state index contributed by atoms with van der Waals surface area (Å²) >= 11 is 0. The van der Waals surface area contributed by atoms with Gasteiger partial charge in [0, 0.05) is 11.6 Å². The topological polar surface area (TPSA) is 78.7 Å². The average Bonchev–Trinajstić information content (AvgIpc) is 2.35. The maximum Gasteiger partial charge on any atom is 0.313 e. The molecule has 0 bridgehead atoms. The van der Waals surface area contributed by atoms with E-state index in [-0.39, 0.29) is 11.3 Å². The first-order chi connectivity index (χ1) is 8.01. The van der Waals surface area contributed by atoms with E-state index in [2.05, 4.69) is 4.74 Å². The van der Waals surface area contributed by atoms with Crippen LogP contribution >= 0.6 is 0 Å². The van der Waals surface area contributed by atoms with Gasteiger partial charge in [0.05, 0.1) is 25.1 Å². The van der Waals surface area contributed by atoms with Crippen LogP contribution in [0.3, 0.4) is 0 Å². The SMILES string of the molecule is COC(=O)C(C)c1cc(OC)ccc1[N+](=O)[O-]. The number of nitro groups is 1. The van der Waals surface area contributed by atoms with E-state index in [1.807, 2.05) is 0 Å². The molecule has 0 fully saturated rings. The van der Waals surface area contributed by atoms with Crippen LogP contribution in [0.2, 0.25) is 0 Å². The van der Waals surface area contributed by atoms with E-state index >= 15 is 0 Å². The third kappa shape index (κ3) is 2.72. The average molecular weight is 239 g/mol. The molecular weight excluding hydrogens is 226 g/mol. The maximum absolute atomic E-state index is 11.4. The quantitative estimate of drug-likeness (QED) is 0.455. The Morgan fingerprint density at radius 3 is 2.53 bits per heavy atom. The van der Waals surface area contributed by atoms with Crippen LogP contribution in [0.5, 0.6) is 5.75 Å². The fraction of sp³-hybridized carbons (Fsp3) is 0.364. The molecule has 0 amide bonds. The Hall–Kier alpha value is -2.11. The van der Waals surface area contributed by atoms with Crippen molar-refractivity contribution in [1.29, 1.82) is 0 Å². The molecule has 0 saturated carbocycles. The van der Waals surface area contributed by atoms with Gasteiger partial charge in [-0.3, -0.25) is 14.9 Å². The Labute approximate surface area is 98.3 Å². The maximum atomic E-state index is 11.4.